The standard InChI is InChI=1S/C21H20FN3O2/c1-14(26)20-17(10-7-16-8-11-18(22)12-9-16)5-4-6-19(20)27-15(2)21-23-13-24-25(21)3/h4-6,8-9,11-13H,2,7,10H2,1,3H3. The van der Waals surface area contributed by atoms with Crippen LogP contribution in [-0.2, 0) is 19.9 Å². The summed E-state index contributed by atoms with van der Waals surface area (Å²) in [6.07, 6.45) is 2.73. The van der Waals surface area contributed by atoms with Crippen LogP contribution in [-0.4, -0.2) is 20.5 Å². The predicted octanol–water partition coefficient (Wildman–Crippen LogP) is 3.99. The molecule has 0 spiro atoms. The lowest BCUT2D eigenvalue weighted by atomic mass is 9.97. The average Bonchev–Trinajstić information content (AvgIpc) is 3.07. The maximum Gasteiger partial charge on any atom is 0.193 e. The Kier molecular flexibility index (Phi) is 5.45. The first-order valence-corrected chi connectivity index (χ1v) is 8.54. The van der Waals surface area contributed by atoms with Crippen LogP contribution in [0.4, 0.5) is 4.39 Å². The molecule has 5 nitrogen and oxygen atoms in total. The van der Waals surface area contributed by atoms with Gasteiger partial charge in [0.1, 0.15) is 17.9 Å². The molecule has 0 unspecified atom stereocenters. The molecule has 0 aliphatic carbocycles. The van der Waals surface area contributed by atoms with E-state index in [9.17, 15) is 9.18 Å². The number of aryl methyl sites for hydroxylation is 3. The molecule has 0 fully saturated rings. The van der Waals surface area contributed by atoms with Crippen molar-refractivity contribution in [2.45, 2.75) is 19.8 Å². The van der Waals surface area contributed by atoms with E-state index in [0.717, 1.165) is 11.1 Å². The molecule has 2 aromatic carbocycles. The van der Waals surface area contributed by atoms with Crippen LogP contribution in [0.15, 0.2) is 55.4 Å². The fourth-order valence-electron chi connectivity index (χ4n) is 2.93. The van der Waals surface area contributed by atoms with Gasteiger partial charge in [0.15, 0.2) is 17.4 Å². The van der Waals surface area contributed by atoms with Gasteiger partial charge in [0.25, 0.3) is 0 Å². The van der Waals surface area contributed by atoms with Crippen molar-refractivity contribution in [1.82, 2.24) is 14.8 Å². The van der Waals surface area contributed by atoms with Crippen LogP contribution in [0.5, 0.6) is 5.75 Å². The molecule has 0 atom stereocenters. The molecule has 138 valence electrons. The van der Waals surface area contributed by atoms with Crippen LogP contribution in [0.25, 0.3) is 5.76 Å². The number of aromatic nitrogens is 3. The number of halogens is 1. The van der Waals surface area contributed by atoms with Gasteiger partial charge in [-0.15, -0.1) is 0 Å². The average molecular weight is 365 g/mol. The van der Waals surface area contributed by atoms with Crippen molar-refractivity contribution in [1.29, 1.82) is 0 Å². The molecule has 0 aliphatic heterocycles. The number of nitrogens with zero attached hydrogens (tertiary/aromatic N) is 3. The Bertz CT molecular complexity index is 977. The highest BCUT2D eigenvalue weighted by molar-refractivity contribution is 5.98. The topological polar surface area (TPSA) is 57.0 Å². The lowest BCUT2D eigenvalue weighted by Crippen LogP contribution is -2.08. The van der Waals surface area contributed by atoms with E-state index in [1.807, 2.05) is 12.1 Å². The molecule has 0 saturated heterocycles. The van der Waals surface area contributed by atoms with Crippen LogP contribution in [0.1, 0.15) is 34.2 Å². The summed E-state index contributed by atoms with van der Waals surface area (Å²) in [6.45, 7) is 5.40. The fourth-order valence-corrected chi connectivity index (χ4v) is 2.93. The number of ether oxygens (including phenoxy) is 1. The summed E-state index contributed by atoms with van der Waals surface area (Å²) in [7, 11) is 1.74. The van der Waals surface area contributed by atoms with Crippen LogP contribution in [0.3, 0.4) is 0 Å². The van der Waals surface area contributed by atoms with Gasteiger partial charge in [-0.2, -0.15) is 5.10 Å². The van der Waals surface area contributed by atoms with Crippen molar-refractivity contribution in [2.24, 2.45) is 7.05 Å². The summed E-state index contributed by atoms with van der Waals surface area (Å²) < 4.78 is 20.5. The summed E-state index contributed by atoms with van der Waals surface area (Å²) in [4.78, 5) is 16.4. The molecule has 6 heteroatoms. The van der Waals surface area contributed by atoms with Gasteiger partial charge in [0.05, 0.1) is 5.56 Å². The van der Waals surface area contributed by atoms with Crippen molar-refractivity contribution in [3.05, 3.63) is 83.7 Å². The third-order valence-electron chi connectivity index (χ3n) is 4.25. The Morgan fingerprint density at radius 3 is 2.56 bits per heavy atom. The Morgan fingerprint density at radius 1 is 1.19 bits per heavy atom. The number of carbonyl (C=O) groups excluding carboxylic acids is 1. The molecule has 3 aromatic rings. The molecule has 27 heavy (non-hydrogen) atoms. The Hall–Kier alpha value is -3.28. The van der Waals surface area contributed by atoms with E-state index in [1.54, 1.807) is 29.9 Å². The first-order valence-electron chi connectivity index (χ1n) is 8.54. The van der Waals surface area contributed by atoms with Crippen molar-refractivity contribution < 1.29 is 13.9 Å². The number of hydrogen-bond donors (Lipinski definition) is 0. The minimum atomic E-state index is -0.263. The minimum Gasteiger partial charge on any atom is -0.453 e. The van der Waals surface area contributed by atoms with E-state index >= 15 is 0 Å². The number of benzene rings is 2. The smallest absolute Gasteiger partial charge is 0.193 e. The molecule has 0 radical (unpaired) electrons. The van der Waals surface area contributed by atoms with Crippen LogP contribution in [0, 0.1) is 5.82 Å². The lowest BCUT2D eigenvalue weighted by molar-refractivity contribution is 0.101. The Morgan fingerprint density at radius 2 is 1.93 bits per heavy atom. The maximum atomic E-state index is 13.1. The van der Waals surface area contributed by atoms with Gasteiger partial charge in [-0.1, -0.05) is 30.8 Å². The van der Waals surface area contributed by atoms with Crippen LogP contribution in [0.2, 0.25) is 0 Å². The van der Waals surface area contributed by atoms with Gasteiger partial charge >= 0.3 is 0 Å². The molecule has 0 bridgehead atoms. The lowest BCUT2D eigenvalue weighted by Gasteiger charge is -2.14. The first-order chi connectivity index (χ1) is 13.0. The van der Waals surface area contributed by atoms with Gasteiger partial charge < -0.3 is 4.74 Å². The van der Waals surface area contributed by atoms with Gasteiger partial charge in [-0.3, -0.25) is 4.79 Å². The molecule has 0 N–H and O–H groups in total. The SMILES string of the molecule is C=C(Oc1cccc(CCc2ccc(F)cc2)c1C(C)=O)c1ncnn1C. The highest BCUT2D eigenvalue weighted by atomic mass is 19.1. The minimum absolute atomic E-state index is 0.0922. The quantitative estimate of drug-likeness (QED) is 0.469. The largest absolute Gasteiger partial charge is 0.453 e. The third kappa shape index (κ3) is 4.28. The van der Waals surface area contributed by atoms with Gasteiger partial charge in [0, 0.05) is 7.05 Å². The van der Waals surface area contributed by atoms with Crippen LogP contribution >= 0.6 is 0 Å². The first kappa shape index (κ1) is 18.5. The van der Waals surface area contributed by atoms with E-state index in [-0.39, 0.29) is 11.6 Å². The molecule has 3 rings (SSSR count). The monoisotopic (exact) mass is 365 g/mol. The Labute approximate surface area is 157 Å². The molecular weight excluding hydrogens is 345 g/mol. The summed E-state index contributed by atoms with van der Waals surface area (Å²) in [6, 6.07) is 11.8. The molecule has 0 amide bonds. The van der Waals surface area contributed by atoms with E-state index in [4.69, 9.17) is 4.74 Å². The highest BCUT2D eigenvalue weighted by Crippen LogP contribution is 2.27. The molecule has 0 aliphatic rings. The maximum absolute atomic E-state index is 13.1. The van der Waals surface area contributed by atoms with Gasteiger partial charge in [-0.25, -0.2) is 14.1 Å². The second-order valence-corrected chi connectivity index (χ2v) is 6.21. The van der Waals surface area contributed by atoms with Crippen molar-refractivity contribution in [3.63, 3.8) is 0 Å². The zero-order valence-corrected chi connectivity index (χ0v) is 15.3. The van der Waals surface area contributed by atoms with E-state index < -0.39 is 0 Å². The Balaban J connectivity index is 1.84. The number of carbonyl (C=O) groups is 1. The summed E-state index contributed by atoms with van der Waals surface area (Å²) >= 11 is 0. The number of Topliss-reactive ketones (excluding diaryl/α,β-unsaturated/α-hetero) is 1. The second-order valence-electron chi connectivity index (χ2n) is 6.21. The van der Waals surface area contributed by atoms with Crippen LogP contribution < -0.4 is 4.74 Å². The summed E-state index contributed by atoms with van der Waals surface area (Å²) in [5.74, 6) is 0.882. The zero-order chi connectivity index (χ0) is 19.4. The second kappa shape index (κ2) is 7.95. The summed E-state index contributed by atoms with van der Waals surface area (Å²) in [5.41, 5.74) is 2.39. The number of ketones is 1. The zero-order valence-electron chi connectivity index (χ0n) is 15.3. The van der Waals surface area contributed by atoms with Gasteiger partial charge in [-0.05, 0) is 49.1 Å². The van der Waals surface area contributed by atoms with E-state index in [0.29, 0.717) is 35.7 Å². The highest BCUT2D eigenvalue weighted by Gasteiger charge is 2.17. The summed E-state index contributed by atoms with van der Waals surface area (Å²) in [5, 5.41) is 3.99. The van der Waals surface area contributed by atoms with E-state index in [1.165, 1.54) is 25.4 Å². The van der Waals surface area contributed by atoms with Gasteiger partial charge in [0.2, 0.25) is 0 Å². The molecule has 0 saturated carbocycles. The van der Waals surface area contributed by atoms with E-state index in [2.05, 4.69) is 16.7 Å². The normalized spacial score (nSPS) is 10.6. The predicted molar refractivity (Wildman–Crippen MR) is 101 cm³/mol. The fraction of sp³-hybridized carbons (Fsp3) is 0.190. The van der Waals surface area contributed by atoms with Crippen molar-refractivity contribution in [2.75, 3.05) is 0 Å². The third-order valence-corrected chi connectivity index (χ3v) is 4.25. The number of hydrogen-bond acceptors (Lipinski definition) is 4. The van der Waals surface area contributed by atoms with Crippen molar-refractivity contribution in [3.8, 4) is 5.75 Å². The molecular formula is C21H20FN3O2. The molecule has 1 aromatic heterocycles. The van der Waals surface area contributed by atoms with Crippen molar-refractivity contribution >= 4 is 11.5 Å². The number of rotatable bonds is 7. The molecule has 1 heterocycles.